The first-order valence-electron chi connectivity index (χ1n) is 20.5. The van der Waals surface area contributed by atoms with E-state index in [1.807, 2.05) is 0 Å². The highest BCUT2D eigenvalue weighted by molar-refractivity contribution is 5.97. The van der Waals surface area contributed by atoms with E-state index < -0.39 is 102 Å². The van der Waals surface area contributed by atoms with E-state index in [0.717, 1.165) is 0 Å². The fourth-order valence-corrected chi connectivity index (χ4v) is 6.09. The molecule has 0 fully saturated rings. The molecule has 0 saturated carbocycles. The minimum atomic E-state index is -1.73. The van der Waals surface area contributed by atoms with Gasteiger partial charge in [0.15, 0.2) is 5.96 Å². The van der Waals surface area contributed by atoms with Crippen LogP contribution in [0.3, 0.4) is 0 Å². The molecule has 0 bridgehead atoms. The van der Waals surface area contributed by atoms with Gasteiger partial charge in [0.05, 0.1) is 19.0 Å². The molecule has 8 amide bonds. The lowest BCUT2D eigenvalue weighted by molar-refractivity contribution is -0.142. The number of carboxylic acid groups (broad SMARTS) is 1. The molecule has 0 spiro atoms. The van der Waals surface area contributed by atoms with Crippen LogP contribution in [0.4, 0.5) is 0 Å². The first kappa shape index (κ1) is 53.6. The number of nitrogens with zero attached hydrogens (tertiary/aromatic N) is 1. The van der Waals surface area contributed by atoms with Crippen LogP contribution in [0.1, 0.15) is 63.5 Å². The van der Waals surface area contributed by atoms with Gasteiger partial charge < -0.3 is 75.9 Å². The van der Waals surface area contributed by atoms with Crippen LogP contribution >= 0.6 is 0 Å². The number of aliphatic imine (C=N–C) groups is 1. The number of amides is 8. The second-order valence-corrected chi connectivity index (χ2v) is 15.5. The molecule has 0 saturated heterocycles. The van der Waals surface area contributed by atoms with Gasteiger partial charge in [-0.3, -0.25) is 43.3 Å². The molecule has 0 heterocycles. The van der Waals surface area contributed by atoms with E-state index in [0.29, 0.717) is 11.1 Å². The highest BCUT2D eigenvalue weighted by atomic mass is 16.4. The quantitative estimate of drug-likeness (QED) is 0.0220. The second-order valence-electron chi connectivity index (χ2n) is 15.5. The number of aromatic hydroxyl groups is 2. The minimum absolute atomic E-state index is 0.00333. The van der Waals surface area contributed by atoms with Crippen molar-refractivity contribution in [2.24, 2.45) is 39.6 Å². The topological polar surface area (TPSA) is 429 Å². The summed E-state index contributed by atoms with van der Waals surface area (Å²) in [5, 5.41) is 44.0. The third-order valence-electron chi connectivity index (χ3n) is 9.44. The zero-order valence-electron chi connectivity index (χ0n) is 36.1. The lowest BCUT2D eigenvalue weighted by Gasteiger charge is -2.27. The molecule has 2 aromatic carbocycles. The summed E-state index contributed by atoms with van der Waals surface area (Å²) in [5.41, 5.74) is 27.9. The Labute approximate surface area is 374 Å². The first-order valence-corrected chi connectivity index (χ1v) is 20.5. The number of carbonyl (C=O) groups excluding carboxylic acids is 8. The largest absolute Gasteiger partial charge is 0.508 e. The maximum absolute atomic E-state index is 14.1. The molecule has 0 aliphatic carbocycles. The van der Waals surface area contributed by atoms with Crippen LogP contribution in [0, 0.1) is 5.92 Å². The molecule has 2 aromatic rings. The summed E-state index contributed by atoms with van der Waals surface area (Å²) in [5.74, 6) is -9.23. The van der Waals surface area contributed by atoms with E-state index in [9.17, 15) is 58.5 Å². The Bertz CT molecular complexity index is 2010. The molecule has 19 N–H and O–H groups in total. The van der Waals surface area contributed by atoms with Gasteiger partial charge in [0.1, 0.15) is 41.7 Å². The van der Waals surface area contributed by atoms with Crippen LogP contribution in [-0.2, 0) is 56.0 Å². The normalized spacial score (nSPS) is 13.6. The molecule has 0 unspecified atom stereocenters. The fourth-order valence-electron chi connectivity index (χ4n) is 6.09. The van der Waals surface area contributed by atoms with E-state index >= 15 is 0 Å². The van der Waals surface area contributed by atoms with Crippen LogP contribution < -0.4 is 60.6 Å². The number of benzene rings is 2. The average Bonchev–Trinajstić information content (AvgIpc) is 3.22. The zero-order valence-corrected chi connectivity index (χ0v) is 36.1. The van der Waals surface area contributed by atoms with Gasteiger partial charge in [0.25, 0.3) is 0 Å². The molecule has 0 radical (unpaired) electrons. The number of hydrogen-bond acceptors (Lipinski definition) is 13. The van der Waals surface area contributed by atoms with Crippen molar-refractivity contribution in [3.63, 3.8) is 0 Å². The predicted molar refractivity (Wildman–Crippen MR) is 234 cm³/mol. The van der Waals surface area contributed by atoms with Crippen molar-refractivity contribution in [3.05, 3.63) is 59.7 Å². The minimum Gasteiger partial charge on any atom is -0.508 e. The lowest BCUT2D eigenvalue weighted by Crippen LogP contribution is -2.60. The molecule has 24 heteroatoms. The molecular formula is C41H60N12O12. The van der Waals surface area contributed by atoms with Crippen LogP contribution in [0.15, 0.2) is 53.5 Å². The first-order chi connectivity index (χ1) is 30.5. The number of aliphatic carboxylic acids is 1. The number of hydrogen-bond donors (Lipinski definition) is 14. The third-order valence-corrected chi connectivity index (χ3v) is 9.44. The van der Waals surface area contributed by atoms with E-state index in [1.165, 1.54) is 48.5 Å². The number of phenols is 2. The Morgan fingerprint density at radius 3 is 1.58 bits per heavy atom. The average molecular weight is 913 g/mol. The number of phenolic OH excluding ortho intramolecular Hbond substituents is 2. The van der Waals surface area contributed by atoms with E-state index in [2.05, 4.69) is 36.9 Å². The number of nitrogens with one attached hydrogen (secondary N) is 6. The molecule has 356 valence electrons. The van der Waals surface area contributed by atoms with Crippen LogP contribution in [0.25, 0.3) is 0 Å². The van der Waals surface area contributed by atoms with Crippen LogP contribution in [0.5, 0.6) is 11.5 Å². The Kier molecular flexibility index (Phi) is 22.2. The van der Waals surface area contributed by atoms with Gasteiger partial charge in [0.2, 0.25) is 47.3 Å². The summed E-state index contributed by atoms with van der Waals surface area (Å²) >= 11 is 0. The Balaban J connectivity index is 2.38. The van der Waals surface area contributed by atoms with E-state index in [-0.39, 0.29) is 74.9 Å². The summed E-state index contributed by atoms with van der Waals surface area (Å²) in [6.07, 6.45) is -1.41. The molecule has 0 aliphatic heterocycles. The number of carboxylic acids is 1. The standard InChI is InChI=1S/C41H60N12O12/c1-21(2)16-28(50-36(60)27(4-3-15-47-41(45)46)49-34(58)20-48-35(59)26(42)13-14-32(43)56)37(61)51-29(17-22-5-9-24(54)10-6-22)38(62)52-30(19-33(44)57)39(63)53-31(40(64)65)18-23-7-11-25(55)12-8-23/h5-12,21,26-31,54-55H,3-4,13-20,42H2,1-2H3,(H2,43,56)(H2,44,57)(H,48,59)(H,49,58)(H,50,60)(H,51,61)(H,52,62)(H,53,63)(H,64,65)(H4,45,46,47)/t26-,27-,28-,29-,30-,31-/m0/s1. The van der Waals surface area contributed by atoms with Gasteiger partial charge in [-0.25, -0.2) is 4.79 Å². The summed E-state index contributed by atoms with van der Waals surface area (Å²) in [6.45, 7) is 2.94. The number of guanidine groups is 1. The van der Waals surface area contributed by atoms with Crippen molar-refractivity contribution in [1.29, 1.82) is 0 Å². The summed E-state index contributed by atoms with van der Waals surface area (Å²) in [7, 11) is 0. The molecule has 6 atom stereocenters. The Morgan fingerprint density at radius 1 is 0.600 bits per heavy atom. The molecule has 0 aliphatic rings. The maximum Gasteiger partial charge on any atom is 0.326 e. The van der Waals surface area contributed by atoms with Crippen molar-refractivity contribution in [2.75, 3.05) is 13.1 Å². The molecular weight excluding hydrogens is 853 g/mol. The monoisotopic (exact) mass is 912 g/mol. The van der Waals surface area contributed by atoms with Crippen LogP contribution in [0.2, 0.25) is 0 Å². The lowest BCUT2D eigenvalue weighted by atomic mass is 10.00. The van der Waals surface area contributed by atoms with Gasteiger partial charge in [-0.05, 0) is 67.0 Å². The van der Waals surface area contributed by atoms with Gasteiger partial charge >= 0.3 is 5.97 Å². The molecule has 2 rings (SSSR count). The summed E-state index contributed by atoms with van der Waals surface area (Å²) in [4.78, 5) is 120. The Morgan fingerprint density at radius 2 is 1.08 bits per heavy atom. The summed E-state index contributed by atoms with van der Waals surface area (Å²) < 4.78 is 0. The molecule has 0 aromatic heterocycles. The fraction of sp³-hybridized carbons (Fsp3) is 0.463. The maximum atomic E-state index is 14.1. The van der Waals surface area contributed by atoms with Crippen molar-refractivity contribution < 1.29 is 58.5 Å². The number of rotatable bonds is 28. The predicted octanol–water partition coefficient (Wildman–Crippen LogP) is -3.92. The third kappa shape index (κ3) is 21.0. The Hall–Kier alpha value is -7.50. The van der Waals surface area contributed by atoms with Crippen molar-refractivity contribution in [2.45, 2.75) is 101 Å². The van der Waals surface area contributed by atoms with Crippen LogP contribution in [-0.4, -0.2) is 124 Å². The van der Waals surface area contributed by atoms with E-state index in [4.69, 9.17) is 28.7 Å². The second kappa shape index (κ2) is 26.9. The number of primary amides is 2. The van der Waals surface area contributed by atoms with Gasteiger partial charge in [-0.1, -0.05) is 38.1 Å². The summed E-state index contributed by atoms with van der Waals surface area (Å²) in [6, 6.07) is 2.45. The van der Waals surface area contributed by atoms with Crippen molar-refractivity contribution >= 4 is 59.2 Å². The molecule has 65 heavy (non-hydrogen) atoms. The van der Waals surface area contributed by atoms with Gasteiger partial charge in [0, 0.05) is 25.8 Å². The zero-order chi connectivity index (χ0) is 48.8. The van der Waals surface area contributed by atoms with E-state index in [1.54, 1.807) is 13.8 Å². The smallest absolute Gasteiger partial charge is 0.326 e. The highest BCUT2D eigenvalue weighted by Crippen LogP contribution is 2.15. The SMILES string of the molecule is CC(C)C[C@H](NC(=O)[C@H](CCCN=C(N)N)NC(=O)CNC(=O)[C@@H](N)CCC(N)=O)C(=O)N[C@@H](Cc1ccc(O)cc1)C(=O)N[C@@H](CC(N)=O)C(=O)N[C@@H](Cc1ccc(O)cc1)C(=O)O. The number of carbonyl (C=O) groups is 9. The van der Waals surface area contributed by atoms with Crippen molar-refractivity contribution in [1.82, 2.24) is 31.9 Å². The van der Waals surface area contributed by atoms with Gasteiger partial charge in [-0.2, -0.15) is 0 Å². The van der Waals surface area contributed by atoms with Gasteiger partial charge in [-0.15, -0.1) is 0 Å². The molecule has 24 nitrogen and oxygen atoms in total. The highest BCUT2D eigenvalue weighted by Gasteiger charge is 2.34. The number of nitrogens with two attached hydrogens (primary N) is 5. The van der Waals surface area contributed by atoms with Crippen molar-refractivity contribution in [3.8, 4) is 11.5 Å².